The number of aromatic nitrogens is 3. The first-order chi connectivity index (χ1) is 20.1. The van der Waals surface area contributed by atoms with Crippen LogP contribution in [-0.2, 0) is 38.4 Å². The number of nitrogens with zero attached hydrogens (tertiary/aromatic N) is 1. The van der Waals surface area contributed by atoms with Gasteiger partial charge in [0.25, 0.3) is 0 Å². The minimum Gasteiger partial charge on any atom is -0.508 e. The third-order valence-corrected chi connectivity index (χ3v) is 6.75. The smallest absolute Gasteiger partial charge is 0.326 e. The standard InChI is InChI=1S/C29H33N7O6/c1-16(30)26(38)34-24(12-19-14-31-15-33-19)28(40)35-23(10-17-6-8-20(37)9-7-17)27(39)36-25(29(41)42)11-18-13-32-22-5-3-2-4-21(18)22/h2-9,13-16,23-25,32,37H,10-12,30H2,1H3,(H,31,33)(H,34,38)(H,35,40)(H,36,39)(H,41,42). The van der Waals surface area contributed by atoms with E-state index in [-0.39, 0.29) is 25.0 Å². The number of imidazole rings is 1. The van der Waals surface area contributed by atoms with E-state index in [1.807, 2.05) is 24.3 Å². The number of phenols is 1. The van der Waals surface area contributed by atoms with Gasteiger partial charge >= 0.3 is 5.97 Å². The zero-order valence-electron chi connectivity index (χ0n) is 22.8. The normalized spacial score (nSPS) is 14.0. The Hall–Kier alpha value is -5.17. The molecule has 4 unspecified atom stereocenters. The van der Waals surface area contributed by atoms with Crippen LogP contribution in [0.5, 0.6) is 5.75 Å². The molecule has 2 aromatic carbocycles. The van der Waals surface area contributed by atoms with Crippen LogP contribution in [-0.4, -0.2) is 73.0 Å². The highest BCUT2D eigenvalue weighted by Crippen LogP contribution is 2.19. The molecular weight excluding hydrogens is 542 g/mol. The Morgan fingerprint density at radius 3 is 2.14 bits per heavy atom. The number of benzene rings is 2. The van der Waals surface area contributed by atoms with Gasteiger partial charge in [-0.1, -0.05) is 30.3 Å². The van der Waals surface area contributed by atoms with E-state index in [9.17, 15) is 29.4 Å². The zero-order chi connectivity index (χ0) is 30.2. The van der Waals surface area contributed by atoms with Crippen molar-refractivity contribution in [3.63, 3.8) is 0 Å². The molecule has 0 aliphatic carbocycles. The molecule has 2 heterocycles. The van der Waals surface area contributed by atoms with Crippen molar-refractivity contribution in [1.29, 1.82) is 0 Å². The number of phenolic OH excluding ortho intramolecular Hbond substituents is 1. The van der Waals surface area contributed by atoms with E-state index >= 15 is 0 Å². The van der Waals surface area contributed by atoms with Crippen molar-refractivity contribution in [1.82, 2.24) is 30.9 Å². The summed E-state index contributed by atoms with van der Waals surface area (Å²) in [7, 11) is 0. The van der Waals surface area contributed by atoms with Crippen molar-refractivity contribution in [3.8, 4) is 5.75 Å². The monoisotopic (exact) mass is 575 g/mol. The fraction of sp³-hybridized carbons (Fsp3) is 0.276. The van der Waals surface area contributed by atoms with Crippen molar-refractivity contribution in [2.75, 3.05) is 0 Å². The third-order valence-electron chi connectivity index (χ3n) is 6.75. The molecule has 4 rings (SSSR count). The first-order valence-electron chi connectivity index (χ1n) is 13.3. The number of nitrogens with two attached hydrogens (primary N) is 1. The van der Waals surface area contributed by atoms with Gasteiger partial charge in [0.05, 0.1) is 12.4 Å². The van der Waals surface area contributed by atoms with Crippen LogP contribution < -0.4 is 21.7 Å². The Morgan fingerprint density at radius 2 is 1.50 bits per heavy atom. The number of hydrogen-bond acceptors (Lipinski definition) is 7. The van der Waals surface area contributed by atoms with Gasteiger partial charge in [0.15, 0.2) is 0 Å². The molecule has 0 bridgehead atoms. The summed E-state index contributed by atoms with van der Waals surface area (Å²) >= 11 is 0. The fourth-order valence-electron chi connectivity index (χ4n) is 4.47. The Balaban J connectivity index is 1.56. The van der Waals surface area contributed by atoms with Gasteiger partial charge in [0, 0.05) is 48.3 Å². The SMILES string of the molecule is CC(N)C(=O)NC(Cc1cnc[nH]1)C(=O)NC(Cc1ccc(O)cc1)C(=O)NC(Cc1c[nH]c2ccccc12)C(=O)O. The van der Waals surface area contributed by atoms with Crippen LogP contribution in [0.15, 0.2) is 67.3 Å². The van der Waals surface area contributed by atoms with Crippen molar-refractivity contribution >= 4 is 34.6 Å². The highest BCUT2D eigenvalue weighted by atomic mass is 16.4. The molecule has 13 heteroatoms. The van der Waals surface area contributed by atoms with E-state index in [2.05, 4.69) is 30.9 Å². The molecule has 3 amide bonds. The minimum absolute atomic E-state index is 0.00213. The van der Waals surface area contributed by atoms with Gasteiger partial charge in [0.2, 0.25) is 17.7 Å². The summed E-state index contributed by atoms with van der Waals surface area (Å²) in [6.07, 6.45) is 4.65. The lowest BCUT2D eigenvalue weighted by Gasteiger charge is -2.25. The van der Waals surface area contributed by atoms with E-state index < -0.39 is 47.9 Å². The van der Waals surface area contributed by atoms with Crippen LogP contribution in [0.25, 0.3) is 10.9 Å². The maximum absolute atomic E-state index is 13.6. The molecule has 0 spiro atoms. The molecule has 42 heavy (non-hydrogen) atoms. The first-order valence-corrected chi connectivity index (χ1v) is 13.3. The third kappa shape index (κ3) is 7.73. The van der Waals surface area contributed by atoms with E-state index in [0.717, 1.165) is 10.9 Å². The Labute approximate surface area is 240 Å². The molecule has 0 fully saturated rings. The number of carboxylic acids is 1. The number of hydrogen-bond donors (Lipinski definition) is 8. The van der Waals surface area contributed by atoms with Gasteiger partial charge in [0.1, 0.15) is 23.9 Å². The van der Waals surface area contributed by atoms with Crippen LogP contribution in [0.4, 0.5) is 0 Å². The van der Waals surface area contributed by atoms with Crippen molar-refractivity contribution < 1.29 is 29.4 Å². The molecule has 0 saturated carbocycles. The molecule has 0 aliphatic rings. The predicted octanol–water partition coefficient (Wildman–Crippen LogP) is 0.511. The van der Waals surface area contributed by atoms with Crippen LogP contribution in [0.3, 0.4) is 0 Å². The molecule has 13 nitrogen and oxygen atoms in total. The number of aromatic amines is 2. The summed E-state index contributed by atoms with van der Waals surface area (Å²) in [6, 6.07) is 8.93. The molecule has 220 valence electrons. The van der Waals surface area contributed by atoms with Gasteiger partial charge in [-0.25, -0.2) is 9.78 Å². The molecule has 4 atom stereocenters. The molecular formula is C29H33N7O6. The van der Waals surface area contributed by atoms with Crippen LogP contribution in [0.1, 0.15) is 23.7 Å². The molecule has 4 aromatic rings. The summed E-state index contributed by atoms with van der Waals surface area (Å²) < 4.78 is 0. The number of nitrogens with one attached hydrogen (secondary N) is 5. The Bertz CT molecular complexity index is 1530. The molecule has 0 saturated heterocycles. The number of aliphatic carboxylic acids is 1. The molecule has 0 aliphatic heterocycles. The second-order valence-corrected chi connectivity index (χ2v) is 10.0. The second-order valence-electron chi connectivity index (χ2n) is 10.0. The van der Waals surface area contributed by atoms with E-state index in [1.54, 1.807) is 18.3 Å². The average Bonchev–Trinajstić information content (AvgIpc) is 3.63. The number of H-pyrrole nitrogens is 2. The lowest BCUT2D eigenvalue weighted by molar-refractivity contribution is -0.142. The largest absolute Gasteiger partial charge is 0.508 e. The van der Waals surface area contributed by atoms with Crippen LogP contribution >= 0.6 is 0 Å². The summed E-state index contributed by atoms with van der Waals surface area (Å²) in [4.78, 5) is 61.5. The van der Waals surface area contributed by atoms with Gasteiger partial charge in [-0.15, -0.1) is 0 Å². The number of aromatic hydroxyl groups is 1. The number of carbonyl (C=O) groups is 4. The van der Waals surface area contributed by atoms with Gasteiger partial charge in [-0.05, 0) is 36.2 Å². The lowest BCUT2D eigenvalue weighted by atomic mass is 10.0. The molecule has 0 radical (unpaired) electrons. The highest BCUT2D eigenvalue weighted by molar-refractivity contribution is 5.94. The summed E-state index contributed by atoms with van der Waals surface area (Å²) in [5.41, 5.74) is 8.38. The Kier molecular flexibility index (Phi) is 9.55. The number of rotatable bonds is 13. The summed E-state index contributed by atoms with van der Waals surface area (Å²) in [5, 5.41) is 28.3. The number of fused-ring (bicyclic) bond motifs is 1. The lowest BCUT2D eigenvalue weighted by Crippen LogP contribution is -2.58. The van der Waals surface area contributed by atoms with E-state index in [0.29, 0.717) is 16.8 Å². The predicted molar refractivity (Wildman–Crippen MR) is 153 cm³/mol. The maximum Gasteiger partial charge on any atom is 0.326 e. The van der Waals surface area contributed by atoms with E-state index in [1.165, 1.54) is 31.6 Å². The maximum atomic E-state index is 13.6. The average molecular weight is 576 g/mol. The van der Waals surface area contributed by atoms with Crippen molar-refractivity contribution in [2.24, 2.45) is 5.73 Å². The topological polar surface area (TPSA) is 215 Å². The van der Waals surface area contributed by atoms with Crippen LogP contribution in [0, 0.1) is 0 Å². The number of carbonyl (C=O) groups excluding carboxylic acids is 3. The number of carboxylic acid groups (broad SMARTS) is 1. The molecule has 9 N–H and O–H groups in total. The van der Waals surface area contributed by atoms with Crippen LogP contribution in [0.2, 0.25) is 0 Å². The van der Waals surface area contributed by atoms with Gasteiger partial charge < -0.3 is 41.9 Å². The summed E-state index contributed by atoms with van der Waals surface area (Å²) in [6.45, 7) is 1.47. The quantitative estimate of drug-likeness (QED) is 0.112. The fourth-order valence-corrected chi connectivity index (χ4v) is 4.47. The van der Waals surface area contributed by atoms with Crippen molar-refractivity contribution in [2.45, 2.75) is 50.4 Å². The van der Waals surface area contributed by atoms with Gasteiger partial charge in [-0.3, -0.25) is 14.4 Å². The zero-order valence-corrected chi connectivity index (χ0v) is 22.8. The first kappa shape index (κ1) is 29.8. The summed E-state index contributed by atoms with van der Waals surface area (Å²) in [5.74, 6) is -3.21. The van der Waals surface area contributed by atoms with Gasteiger partial charge in [-0.2, -0.15) is 0 Å². The van der Waals surface area contributed by atoms with Crippen molar-refractivity contribution in [3.05, 3.63) is 84.1 Å². The number of para-hydroxylation sites is 1. The number of amides is 3. The molecule has 2 aromatic heterocycles. The minimum atomic E-state index is -1.30. The second kappa shape index (κ2) is 13.5. The highest BCUT2D eigenvalue weighted by Gasteiger charge is 2.31. The van der Waals surface area contributed by atoms with E-state index in [4.69, 9.17) is 5.73 Å². The Morgan fingerprint density at radius 1 is 0.857 bits per heavy atom.